The quantitative estimate of drug-likeness (QED) is 0.471. The van der Waals surface area contributed by atoms with Crippen LogP contribution < -0.4 is 5.46 Å². The molecule has 0 aliphatic rings. The van der Waals surface area contributed by atoms with Crippen LogP contribution in [0.3, 0.4) is 0 Å². The third kappa shape index (κ3) is 1.18. The molecule has 0 saturated carbocycles. The van der Waals surface area contributed by atoms with E-state index in [0.717, 1.165) is 17.2 Å². The summed E-state index contributed by atoms with van der Waals surface area (Å²) in [6.45, 7) is 5.63. The maximum atomic E-state index is 5.63. The van der Waals surface area contributed by atoms with Gasteiger partial charge in [0, 0.05) is 11.4 Å². The molecule has 0 saturated heterocycles. The molecule has 2 nitrogen and oxygen atoms in total. The maximum Gasteiger partial charge on any atom is 0.125 e. The van der Waals surface area contributed by atoms with Crippen molar-refractivity contribution in [3.8, 4) is 0 Å². The first-order valence-electron chi connectivity index (χ1n) is 3.18. The lowest BCUT2D eigenvalue weighted by molar-refractivity contribution is 0.992. The number of aryl methyl sites for hydroxylation is 3. The molecule has 0 aliphatic heterocycles. The normalized spacial score (nSPS) is 9.90. The summed E-state index contributed by atoms with van der Waals surface area (Å²) in [5.74, 6) is 0.782. The van der Waals surface area contributed by atoms with Crippen LogP contribution in [0.4, 0.5) is 0 Å². The molecule has 0 spiro atoms. The molecule has 0 N–H and O–H groups in total. The van der Waals surface area contributed by atoms with Gasteiger partial charge in [-0.05, 0) is 20.8 Å². The van der Waals surface area contributed by atoms with Gasteiger partial charge in [0.2, 0.25) is 0 Å². The van der Waals surface area contributed by atoms with Gasteiger partial charge in [0.15, 0.2) is 0 Å². The Kier molecular flexibility index (Phi) is 1.75. The highest BCUT2D eigenvalue weighted by Crippen LogP contribution is 1.92. The molecule has 0 aliphatic carbocycles. The summed E-state index contributed by atoms with van der Waals surface area (Å²) in [5, 5.41) is 0. The van der Waals surface area contributed by atoms with Gasteiger partial charge in [-0.15, -0.1) is 0 Å². The van der Waals surface area contributed by atoms with E-state index < -0.39 is 0 Å². The van der Waals surface area contributed by atoms with Gasteiger partial charge in [-0.3, -0.25) is 0 Å². The van der Waals surface area contributed by atoms with Crippen molar-refractivity contribution < 1.29 is 0 Å². The number of hydrogen-bond acceptors (Lipinski definition) is 2. The monoisotopic (exact) mass is 132 g/mol. The van der Waals surface area contributed by atoms with Crippen LogP contribution in [-0.2, 0) is 0 Å². The highest BCUT2D eigenvalue weighted by Gasteiger charge is 1.98. The lowest BCUT2D eigenvalue weighted by atomic mass is 9.93. The van der Waals surface area contributed by atoms with E-state index in [1.54, 1.807) is 0 Å². The highest BCUT2D eigenvalue weighted by molar-refractivity contribution is 6.33. The summed E-state index contributed by atoms with van der Waals surface area (Å²) in [6, 6.07) is 0. The fraction of sp³-hybridized carbons (Fsp3) is 0.429. The van der Waals surface area contributed by atoms with Crippen LogP contribution in [0.25, 0.3) is 0 Å². The second-order valence-corrected chi connectivity index (χ2v) is 2.36. The minimum absolute atomic E-state index is 0.700. The third-order valence-corrected chi connectivity index (χ3v) is 1.44. The molecule has 1 aromatic rings. The molecular formula is C7H9BN2. The average Bonchev–Trinajstić information content (AvgIpc) is 1.82. The SMILES string of the molecule is [B]c1c(C)nc(C)nc1C. The lowest BCUT2D eigenvalue weighted by Crippen LogP contribution is -2.16. The molecule has 1 heterocycles. The zero-order valence-corrected chi connectivity index (χ0v) is 6.47. The molecule has 10 heavy (non-hydrogen) atoms. The zero-order valence-electron chi connectivity index (χ0n) is 6.47. The number of hydrogen-bond donors (Lipinski definition) is 0. The van der Waals surface area contributed by atoms with Crippen LogP contribution in [0, 0.1) is 20.8 Å². The van der Waals surface area contributed by atoms with Crippen molar-refractivity contribution in [3.05, 3.63) is 17.2 Å². The second kappa shape index (κ2) is 2.41. The molecule has 0 aromatic carbocycles. The summed E-state index contributed by atoms with van der Waals surface area (Å²) in [7, 11) is 5.63. The molecule has 50 valence electrons. The van der Waals surface area contributed by atoms with Crippen molar-refractivity contribution >= 4 is 13.3 Å². The molecule has 0 fully saturated rings. The predicted molar refractivity (Wildman–Crippen MR) is 41.6 cm³/mol. The van der Waals surface area contributed by atoms with Crippen LogP contribution in [0.2, 0.25) is 0 Å². The van der Waals surface area contributed by atoms with Gasteiger partial charge in [0.25, 0.3) is 0 Å². The Morgan fingerprint density at radius 3 is 1.80 bits per heavy atom. The van der Waals surface area contributed by atoms with Gasteiger partial charge in [-0.1, -0.05) is 5.46 Å². The van der Waals surface area contributed by atoms with Gasteiger partial charge in [0.1, 0.15) is 13.7 Å². The molecule has 1 rings (SSSR count). The van der Waals surface area contributed by atoms with Crippen molar-refractivity contribution in [3.63, 3.8) is 0 Å². The van der Waals surface area contributed by atoms with Crippen LogP contribution >= 0.6 is 0 Å². The van der Waals surface area contributed by atoms with Gasteiger partial charge in [0.05, 0.1) is 0 Å². The number of aromatic nitrogens is 2. The Morgan fingerprint density at radius 1 is 1.00 bits per heavy atom. The average molecular weight is 132 g/mol. The lowest BCUT2D eigenvalue weighted by Gasteiger charge is -2.03. The van der Waals surface area contributed by atoms with Crippen molar-refractivity contribution in [1.82, 2.24) is 9.97 Å². The Labute approximate surface area is 62.1 Å². The maximum absolute atomic E-state index is 5.63. The number of rotatable bonds is 0. The Bertz CT molecular complexity index is 235. The van der Waals surface area contributed by atoms with Crippen LogP contribution in [0.1, 0.15) is 17.2 Å². The van der Waals surface area contributed by atoms with E-state index in [2.05, 4.69) is 9.97 Å². The van der Waals surface area contributed by atoms with E-state index >= 15 is 0 Å². The summed E-state index contributed by atoms with van der Waals surface area (Å²) < 4.78 is 0. The van der Waals surface area contributed by atoms with Gasteiger partial charge in [-0.25, -0.2) is 9.97 Å². The zero-order chi connectivity index (χ0) is 7.72. The molecule has 0 atom stereocenters. The summed E-state index contributed by atoms with van der Waals surface area (Å²) in [4.78, 5) is 8.20. The van der Waals surface area contributed by atoms with Crippen LogP contribution in [-0.4, -0.2) is 17.8 Å². The standard InChI is InChI=1S/C7H9BN2/c1-4-7(8)5(2)10-6(3)9-4/h1-3H3. The van der Waals surface area contributed by atoms with E-state index in [1.165, 1.54) is 0 Å². The highest BCUT2D eigenvalue weighted by atomic mass is 14.9. The smallest absolute Gasteiger partial charge is 0.125 e. The molecular weight excluding hydrogens is 123 g/mol. The summed E-state index contributed by atoms with van der Waals surface area (Å²) in [6.07, 6.45) is 0. The Hall–Kier alpha value is -0.855. The van der Waals surface area contributed by atoms with Crippen LogP contribution in [0.15, 0.2) is 0 Å². The molecule has 0 amide bonds. The van der Waals surface area contributed by atoms with E-state index in [9.17, 15) is 0 Å². The van der Waals surface area contributed by atoms with Crippen molar-refractivity contribution in [1.29, 1.82) is 0 Å². The first-order chi connectivity index (χ1) is 4.61. The van der Waals surface area contributed by atoms with E-state index in [-0.39, 0.29) is 0 Å². The first-order valence-corrected chi connectivity index (χ1v) is 3.18. The fourth-order valence-electron chi connectivity index (χ4n) is 0.893. The fourth-order valence-corrected chi connectivity index (χ4v) is 0.893. The first kappa shape index (κ1) is 7.25. The minimum atomic E-state index is 0.700. The van der Waals surface area contributed by atoms with E-state index in [0.29, 0.717) is 5.46 Å². The molecule has 3 heteroatoms. The second-order valence-electron chi connectivity index (χ2n) is 2.36. The van der Waals surface area contributed by atoms with Gasteiger partial charge in [-0.2, -0.15) is 0 Å². The summed E-state index contributed by atoms with van der Waals surface area (Å²) in [5.41, 5.74) is 2.43. The third-order valence-electron chi connectivity index (χ3n) is 1.44. The molecule has 2 radical (unpaired) electrons. The predicted octanol–water partition coefficient (Wildman–Crippen LogP) is 0.196. The van der Waals surface area contributed by atoms with Gasteiger partial charge < -0.3 is 0 Å². The van der Waals surface area contributed by atoms with Gasteiger partial charge >= 0.3 is 0 Å². The van der Waals surface area contributed by atoms with E-state index in [1.807, 2.05) is 20.8 Å². The van der Waals surface area contributed by atoms with Crippen molar-refractivity contribution in [2.45, 2.75) is 20.8 Å². The topological polar surface area (TPSA) is 25.8 Å². The Balaban J connectivity index is 3.31. The molecule has 1 aromatic heterocycles. The summed E-state index contributed by atoms with van der Waals surface area (Å²) >= 11 is 0. The molecule has 0 unspecified atom stereocenters. The van der Waals surface area contributed by atoms with E-state index in [4.69, 9.17) is 7.85 Å². The van der Waals surface area contributed by atoms with Crippen molar-refractivity contribution in [2.24, 2.45) is 0 Å². The largest absolute Gasteiger partial charge is 0.239 e. The van der Waals surface area contributed by atoms with Crippen molar-refractivity contribution in [2.75, 3.05) is 0 Å². The number of nitrogens with zero attached hydrogens (tertiary/aromatic N) is 2. The Morgan fingerprint density at radius 2 is 1.40 bits per heavy atom. The van der Waals surface area contributed by atoms with Crippen LogP contribution in [0.5, 0.6) is 0 Å². The minimum Gasteiger partial charge on any atom is -0.239 e. The molecule has 0 bridgehead atoms.